The predicted octanol–water partition coefficient (Wildman–Crippen LogP) is 0.147. The smallest absolute Gasteiger partial charge is 0.409 e. The van der Waals surface area contributed by atoms with E-state index in [0.29, 0.717) is 19.4 Å². The fraction of sp³-hybridized carbons (Fsp3) is 0.800. The molecular formula is C20H40N6O5. The molecule has 0 aliphatic carbocycles. The van der Waals surface area contributed by atoms with E-state index in [1.54, 1.807) is 14.0 Å². The summed E-state index contributed by atoms with van der Waals surface area (Å²) in [4.78, 5) is 49.3. The van der Waals surface area contributed by atoms with E-state index in [2.05, 4.69) is 21.3 Å². The van der Waals surface area contributed by atoms with Gasteiger partial charge in [-0.15, -0.1) is 0 Å². The van der Waals surface area contributed by atoms with E-state index < -0.39 is 24.2 Å². The zero-order valence-corrected chi connectivity index (χ0v) is 19.6. The molecule has 0 aromatic carbocycles. The highest BCUT2D eigenvalue weighted by Gasteiger charge is 2.27. The lowest BCUT2D eigenvalue weighted by atomic mass is 10.0. The van der Waals surface area contributed by atoms with Gasteiger partial charge in [0.2, 0.25) is 11.8 Å². The summed E-state index contributed by atoms with van der Waals surface area (Å²) in [6.45, 7) is 10.5. The molecule has 0 fully saturated rings. The topological polar surface area (TPSA) is 155 Å². The molecule has 0 bridgehead atoms. The highest BCUT2D eigenvalue weighted by molar-refractivity contribution is 5.90. The van der Waals surface area contributed by atoms with Crippen molar-refractivity contribution < 1.29 is 23.9 Å². The van der Waals surface area contributed by atoms with Gasteiger partial charge in [0.1, 0.15) is 6.04 Å². The van der Waals surface area contributed by atoms with Crippen molar-refractivity contribution in [3.05, 3.63) is 0 Å². The number of nitrogens with one attached hydrogen (secondary N) is 4. The fourth-order valence-corrected chi connectivity index (χ4v) is 2.77. The van der Waals surface area contributed by atoms with Crippen LogP contribution in [0.1, 0.15) is 47.5 Å². The molecule has 0 radical (unpaired) electrons. The number of carbonyl (C=O) groups excluding carboxylic acids is 4. The average molecular weight is 445 g/mol. The molecular weight excluding hydrogens is 404 g/mol. The van der Waals surface area contributed by atoms with Crippen molar-refractivity contribution in [2.75, 3.05) is 33.3 Å². The maximum Gasteiger partial charge on any atom is 0.409 e. The first-order chi connectivity index (χ1) is 14.5. The zero-order valence-electron chi connectivity index (χ0n) is 19.6. The second-order valence-corrected chi connectivity index (χ2v) is 7.95. The summed E-state index contributed by atoms with van der Waals surface area (Å²) in [7, 11) is 1.57. The van der Waals surface area contributed by atoms with Gasteiger partial charge in [-0.25, -0.2) is 9.59 Å². The SMILES string of the molecule is CCOC(=O)N(C)CCNC(=O)[C@H](CCCNC(N)=O)NC(=O)C(NC(C)C)C(C)C. The number of hydrogen-bond donors (Lipinski definition) is 5. The minimum absolute atomic E-state index is 0.0286. The second kappa shape index (κ2) is 15.3. The van der Waals surface area contributed by atoms with Crippen LogP contribution in [-0.2, 0) is 14.3 Å². The Balaban J connectivity index is 4.97. The molecule has 1 unspecified atom stereocenters. The minimum atomic E-state index is -0.787. The number of nitrogens with zero attached hydrogens (tertiary/aromatic N) is 1. The second-order valence-electron chi connectivity index (χ2n) is 7.95. The number of hydrogen-bond acceptors (Lipinski definition) is 6. The van der Waals surface area contributed by atoms with Gasteiger partial charge in [-0.1, -0.05) is 27.7 Å². The average Bonchev–Trinajstić information content (AvgIpc) is 2.67. The van der Waals surface area contributed by atoms with E-state index in [9.17, 15) is 19.2 Å². The Morgan fingerprint density at radius 1 is 1.00 bits per heavy atom. The van der Waals surface area contributed by atoms with Crippen molar-refractivity contribution >= 4 is 23.9 Å². The maximum absolute atomic E-state index is 12.8. The Hall–Kier alpha value is -2.56. The van der Waals surface area contributed by atoms with Crippen LogP contribution >= 0.6 is 0 Å². The number of rotatable bonds is 14. The predicted molar refractivity (Wildman–Crippen MR) is 118 cm³/mol. The molecule has 180 valence electrons. The van der Waals surface area contributed by atoms with E-state index in [1.807, 2.05) is 27.7 Å². The van der Waals surface area contributed by atoms with Crippen molar-refractivity contribution in [3.8, 4) is 0 Å². The molecule has 31 heavy (non-hydrogen) atoms. The van der Waals surface area contributed by atoms with Crippen LogP contribution in [0.2, 0.25) is 0 Å². The monoisotopic (exact) mass is 444 g/mol. The van der Waals surface area contributed by atoms with Gasteiger partial charge in [0.15, 0.2) is 0 Å². The standard InChI is InChI=1S/C20H40N6O5/c1-7-31-20(30)26(6)12-11-22-17(27)15(9-8-10-23-19(21)29)25-18(28)16(13(2)3)24-14(4)5/h13-16,24H,7-12H2,1-6H3,(H,22,27)(H,25,28)(H3,21,23,29)/t15-,16?/m0/s1. The Labute approximate surface area is 185 Å². The van der Waals surface area contributed by atoms with Gasteiger partial charge in [-0.2, -0.15) is 0 Å². The normalized spacial score (nSPS) is 12.8. The molecule has 0 aliphatic rings. The molecule has 0 aliphatic heterocycles. The molecule has 0 saturated carbocycles. The number of nitrogens with two attached hydrogens (primary N) is 1. The van der Waals surface area contributed by atoms with Gasteiger partial charge in [0, 0.05) is 32.7 Å². The summed E-state index contributed by atoms with van der Waals surface area (Å²) >= 11 is 0. The Kier molecular flexibility index (Phi) is 14.0. The Morgan fingerprint density at radius 3 is 2.16 bits per heavy atom. The molecule has 0 rings (SSSR count). The van der Waals surface area contributed by atoms with Gasteiger partial charge in [-0.3, -0.25) is 9.59 Å². The maximum atomic E-state index is 12.8. The highest BCUT2D eigenvalue weighted by atomic mass is 16.6. The van der Waals surface area contributed by atoms with Crippen LogP contribution < -0.4 is 27.0 Å². The molecule has 0 saturated heterocycles. The Morgan fingerprint density at radius 2 is 1.65 bits per heavy atom. The molecule has 11 nitrogen and oxygen atoms in total. The van der Waals surface area contributed by atoms with Gasteiger partial charge >= 0.3 is 12.1 Å². The molecule has 11 heteroatoms. The highest BCUT2D eigenvalue weighted by Crippen LogP contribution is 2.06. The fourth-order valence-electron chi connectivity index (χ4n) is 2.77. The Bertz CT molecular complexity index is 584. The van der Waals surface area contributed by atoms with Gasteiger partial charge in [-0.05, 0) is 25.7 Å². The lowest BCUT2D eigenvalue weighted by Crippen LogP contribution is -2.56. The van der Waals surface area contributed by atoms with Crippen LogP contribution in [-0.4, -0.2) is 80.3 Å². The molecule has 2 atom stereocenters. The lowest BCUT2D eigenvalue weighted by Gasteiger charge is -2.27. The molecule has 0 aromatic rings. The molecule has 6 N–H and O–H groups in total. The van der Waals surface area contributed by atoms with Gasteiger partial charge in [0.25, 0.3) is 0 Å². The summed E-state index contributed by atoms with van der Waals surface area (Å²) < 4.78 is 4.89. The lowest BCUT2D eigenvalue weighted by molar-refractivity contribution is -0.131. The van der Waals surface area contributed by atoms with Crippen LogP contribution in [0.3, 0.4) is 0 Å². The summed E-state index contributed by atoms with van der Waals surface area (Å²) in [6.07, 6.45) is 0.296. The van der Waals surface area contributed by atoms with Crippen molar-refractivity contribution in [2.24, 2.45) is 11.7 Å². The zero-order chi connectivity index (χ0) is 24.0. The van der Waals surface area contributed by atoms with Gasteiger partial charge in [0.05, 0.1) is 12.6 Å². The van der Waals surface area contributed by atoms with E-state index in [4.69, 9.17) is 10.5 Å². The first kappa shape index (κ1) is 28.4. The van der Waals surface area contributed by atoms with E-state index in [-0.39, 0.29) is 43.5 Å². The number of amides is 5. The summed E-state index contributed by atoms with van der Waals surface area (Å²) in [5.74, 6) is -0.604. The van der Waals surface area contributed by atoms with E-state index in [0.717, 1.165) is 0 Å². The van der Waals surface area contributed by atoms with E-state index >= 15 is 0 Å². The number of carbonyl (C=O) groups is 4. The van der Waals surface area contributed by atoms with E-state index in [1.165, 1.54) is 4.90 Å². The number of likely N-dealkylation sites (N-methyl/N-ethyl adjacent to an activating group) is 1. The third kappa shape index (κ3) is 12.7. The van der Waals surface area contributed by atoms with Crippen molar-refractivity contribution in [2.45, 2.75) is 65.6 Å². The van der Waals surface area contributed by atoms with Crippen LogP contribution in [0, 0.1) is 5.92 Å². The largest absolute Gasteiger partial charge is 0.450 e. The van der Waals surface area contributed by atoms with Crippen molar-refractivity contribution in [1.82, 2.24) is 26.2 Å². The summed E-state index contributed by atoms with van der Waals surface area (Å²) in [5, 5.41) is 11.2. The quantitative estimate of drug-likeness (QED) is 0.240. The van der Waals surface area contributed by atoms with Crippen LogP contribution in [0.15, 0.2) is 0 Å². The minimum Gasteiger partial charge on any atom is -0.450 e. The number of ether oxygens (including phenoxy) is 1. The van der Waals surface area contributed by atoms with Crippen LogP contribution in [0.25, 0.3) is 0 Å². The molecule has 0 aromatic heterocycles. The molecule has 0 heterocycles. The third-order valence-corrected chi connectivity index (χ3v) is 4.39. The summed E-state index contributed by atoms with van der Waals surface area (Å²) in [5.41, 5.74) is 5.06. The molecule has 5 amide bonds. The molecule has 0 spiro atoms. The first-order valence-electron chi connectivity index (χ1n) is 10.7. The van der Waals surface area contributed by atoms with Crippen molar-refractivity contribution in [1.29, 1.82) is 0 Å². The van der Waals surface area contributed by atoms with Crippen LogP contribution in [0.4, 0.5) is 9.59 Å². The third-order valence-electron chi connectivity index (χ3n) is 4.39. The number of primary amides is 1. The first-order valence-corrected chi connectivity index (χ1v) is 10.7. The van der Waals surface area contributed by atoms with Crippen LogP contribution in [0.5, 0.6) is 0 Å². The summed E-state index contributed by atoms with van der Waals surface area (Å²) in [6, 6.07) is -1.78. The van der Waals surface area contributed by atoms with Gasteiger partial charge < -0.3 is 36.6 Å². The van der Waals surface area contributed by atoms with Crippen molar-refractivity contribution in [3.63, 3.8) is 0 Å². The number of urea groups is 1.